The number of anilines is 2. The molecule has 0 atom stereocenters. The highest BCUT2D eigenvalue weighted by Gasteiger charge is 2.23. The van der Waals surface area contributed by atoms with Gasteiger partial charge in [-0.3, -0.25) is 4.79 Å². The Labute approximate surface area is 159 Å². The van der Waals surface area contributed by atoms with Gasteiger partial charge < -0.3 is 15.0 Å². The number of fused-ring (bicyclic) bond motifs is 1. The van der Waals surface area contributed by atoms with Gasteiger partial charge in [0.15, 0.2) is 0 Å². The van der Waals surface area contributed by atoms with Crippen LogP contribution in [0, 0.1) is 12.7 Å². The van der Waals surface area contributed by atoms with E-state index in [9.17, 15) is 14.0 Å². The minimum absolute atomic E-state index is 0.0668. The highest BCUT2D eigenvalue weighted by molar-refractivity contribution is 5.94. The van der Waals surface area contributed by atoms with Crippen molar-refractivity contribution in [1.29, 1.82) is 0 Å². The van der Waals surface area contributed by atoms with E-state index in [0.717, 1.165) is 42.5 Å². The van der Waals surface area contributed by atoms with E-state index in [4.69, 9.17) is 0 Å². The summed E-state index contributed by atoms with van der Waals surface area (Å²) in [5.41, 5.74) is 5.68. The van der Waals surface area contributed by atoms with Crippen molar-refractivity contribution in [2.75, 3.05) is 16.8 Å². The molecule has 1 N–H and O–H groups in total. The number of aldehydes is 1. The molecule has 0 fully saturated rings. The fourth-order valence-electron chi connectivity index (χ4n) is 3.69. The fourth-order valence-corrected chi connectivity index (χ4v) is 3.69. The number of rotatable bonds is 6. The molecule has 5 heteroatoms. The van der Waals surface area contributed by atoms with Crippen LogP contribution in [0.4, 0.5) is 15.8 Å². The molecular weight excluding hydrogens is 343 g/mol. The first kappa shape index (κ1) is 19.1. The molecule has 0 aliphatic carbocycles. The number of carbonyl (C=O) groups excluding carboxylic acids is 2. The minimum Gasteiger partial charge on any atom is -0.381 e. The van der Waals surface area contributed by atoms with Gasteiger partial charge in [-0.1, -0.05) is 18.2 Å². The standard InChI is InChI=1S/C22H25FN2O2/c1-15-19(8-7-18-5-3-11-25(16(2)27)22(15)18)14-24-20-10-9-17(6-4-12-26)21(23)13-20/h7-10,12-13,24H,3-6,11,14H2,1-2H3. The average Bonchev–Trinajstić information content (AvgIpc) is 2.66. The molecule has 27 heavy (non-hydrogen) atoms. The lowest BCUT2D eigenvalue weighted by atomic mass is 9.94. The number of carbonyl (C=O) groups is 2. The zero-order valence-electron chi connectivity index (χ0n) is 15.8. The van der Waals surface area contributed by atoms with Crippen molar-refractivity contribution in [2.24, 2.45) is 0 Å². The summed E-state index contributed by atoms with van der Waals surface area (Å²) in [5, 5.41) is 3.26. The highest BCUT2D eigenvalue weighted by atomic mass is 19.1. The molecule has 1 aliphatic rings. The lowest BCUT2D eigenvalue weighted by molar-refractivity contribution is -0.116. The summed E-state index contributed by atoms with van der Waals surface area (Å²) >= 11 is 0. The highest BCUT2D eigenvalue weighted by Crippen LogP contribution is 2.33. The Kier molecular flexibility index (Phi) is 5.89. The Balaban J connectivity index is 1.77. The Morgan fingerprint density at radius 3 is 2.74 bits per heavy atom. The van der Waals surface area contributed by atoms with E-state index in [1.165, 1.54) is 11.6 Å². The van der Waals surface area contributed by atoms with Crippen molar-refractivity contribution in [3.05, 3.63) is 58.4 Å². The molecule has 2 aromatic carbocycles. The SMILES string of the molecule is CC(=O)N1CCCc2ccc(CNc3ccc(CCC=O)c(F)c3)c(C)c21. The lowest BCUT2D eigenvalue weighted by Gasteiger charge is -2.31. The molecule has 3 rings (SSSR count). The van der Waals surface area contributed by atoms with Crippen LogP contribution in [0.2, 0.25) is 0 Å². The number of hydrogen-bond donors (Lipinski definition) is 1. The second-order valence-electron chi connectivity index (χ2n) is 7.00. The lowest BCUT2D eigenvalue weighted by Crippen LogP contribution is -2.34. The second kappa shape index (κ2) is 8.33. The van der Waals surface area contributed by atoms with Crippen molar-refractivity contribution in [3.63, 3.8) is 0 Å². The van der Waals surface area contributed by atoms with E-state index in [2.05, 4.69) is 17.4 Å². The van der Waals surface area contributed by atoms with Crippen molar-refractivity contribution in [2.45, 2.75) is 46.1 Å². The topological polar surface area (TPSA) is 49.4 Å². The van der Waals surface area contributed by atoms with Crippen molar-refractivity contribution in [3.8, 4) is 0 Å². The van der Waals surface area contributed by atoms with Gasteiger partial charge in [-0.25, -0.2) is 4.39 Å². The summed E-state index contributed by atoms with van der Waals surface area (Å²) in [6, 6.07) is 9.20. The van der Waals surface area contributed by atoms with Crippen LogP contribution in [0.15, 0.2) is 30.3 Å². The maximum atomic E-state index is 14.1. The van der Waals surface area contributed by atoms with Crippen LogP contribution in [0.25, 0.3) is 0 Å². The third kappa shape index (κ3) is 4.18. The first-order valence-electron chi connectivity index (χ1n) is 9.36. The van der Waals surface area contributed by atoms with E-state index in [1.807, 2.05) is 17.9 Å². The Morgan fingerprint density at radius 2 is 2.04 bits per heavy atom. The van der Waals surface area contributed by atoms with E-state index in [-0.39, 0.29) is 11.7 Å². The van der Waals surface area contributed by atoms with Gasteiger partial charge in [0.2, 0.25) is 5.91 Å². The third-order valence-corrected chi connectivity index (χ3v) is 5.17. The molecule has 2 aromatic rings. The van der Waals surface area contributed by atoms with Crippen LogP contribution in [-0.4, -0.2) is 18.7 Å². The number of amides is 1. The number of nitrogens with zero attached hydrogens (tertiary/aromatic N) is 1. The van der Waals surface area contributed by atoms with Crippen molar-refractivity contribution >= 4 is 23.6 Å². The molecule has 0 unspecified atom stereocenters. The van der Waals surface area contributed by atoms with Crippen LogP contribution in [0.3, 0.4) is 0 Å². The number of aryl methyl sites for hydroxylation is 2. The first-order valence-corrected chi connectivity index (χ1v) is 9.36. The van der Waals surface area contributed by atoms with Gasteiger partial charge in [-0.2, -0.15) is 0 Å². The predicted octanol–water partition coefficient (Wildman–Crippen LogP) is 4.18. The Bertz CT molecular complexity index is 864. The molecule has 0 radical (unpaired) electrons. The van der Waals surface area contributed by atoms with Crippen LogP contribution in [0.5, 0.6) is 0 Å². The first-order chi connectivity index (χ1) is 13.0. The molecular formula is C22H25FN2O2. The van der Waals surface area contributed by atoms with Gasteiger partial charge >= 0.3 is 0 Å². The van der Waals surface area contributed by atoms with Crippen molar-refractivity contribution < 1.29 is 14.0 Å². The van der Waals surface area contributed by atoms with Crippen LogP contribution in [0.1, 0.15) is 42.0 Å². The van der Waals surface area contributed by atoms with E-state index in [1.54, 1.807) is 13.0 Å². The molecule has 1 aliphatic heterocycles. The smallest absolute Gasteiger partial charge is 0.223 e. The quantitative estimate of drug-likeness (QED) is 0.779. The zero-order chi connectivity index (χ0) is 19.4. The van der Waals surface area contributed by atoms with Crippen molar-refractivity contribution in [1.82, 2.24) is 0 Å². The number of nitrogens with one attached hydrogen (secondary N) is 1. The van der Waals surface area contributed by atoms with Crippen LogP contribution < -0.4 is 10.2 Å². The summed E-state index contributed by atoms with van der Waals surface area (Å²) in [7, 11) is 0. The number of halogens is 1. The Morgan fingerprint density at radius 1 is 1.26 bits per heavy atom. The average molecular weight is 368 g/mol. The van der Waals surface area contributed by atoms with Gasteiger partial charge in [0.1, 0.15) is 12.1 Å². The number of hydrogen-bond acceptors (Lipinski definition) is 3. The molecule has 1 heterocycles. The number of benzene rings is 2. The van der Waals surface area contributed by atoms with Gasteiger partial charge in [-0.15, -0.1) is 0 Å². The Hall–Kier alpha value is -2.69. The summed E-state index contributed by atoms with van der Waals surface area (Å²) in [6.45, 7) is 4.96. The molecule has 0 spiro atoms. The fraction of sp³-hybridized carbons (Fsp3) is 0.364. The van der Waals surface area contributed by atoms with Gasteiger partial charge in [0, 0.05) is 32.1 Å². The molecule has 142 valence electrons. The van der Waals surface area contributed by atoms with Crippen LogP contribution >= 0.6 is 0 Å². The second-order valence-corrected chi connectivity index (χ2v) is 7.00. The molecule has 0 saturated heterocycles. The summed E-state index contributed by atoms with van der Waals surface area (Å²) < 4.78 is 14.1. The molecule has 4 nitrogen and oxygen atoms in total. The molecule has 0 bridgehead atoms. The summed E-state index contributed by atoms with van der Waals surface area (Å²) in [6.07, 6.45) is 3.51. The normalized spacial score (nSPS) is 13.2. The van der Waals surface area contributed by atoms with Gasteiger partial charge in [0.05, 0.1) is 5.69 Å². The largest absolute Gasteiger partial charge is 0.381 e. The van der Waals surface area contributed by atoms with E-state index >= 15 is 0 Å². The maximum Gasteiger partial charge on any atom is 0.223 e. The maximum absolute atomic E-state index is 14.1. The predicted molar refractivity (Wildman–Crippen MR) is 106 cm³/mol. The molecule has 1 amide bonds. The van der Waals surface area contributed by atoms with E-state index in [0.29, 0.717) is 30.6 Å². The summed E-state index contributed by atoms with van der Waals surface area (Å²) in [5.74, 6) is -0.232. The molecule has 0 saturated carbocycles. The van der Waals surface area contributed by atoms with E-state index < -0.39 is 0 Å². The monoisotopic (exact) mass is 368 g/mol. The molecule has 0 aromatic heterocycles. The summed E-state index contributed by atoms with van der Waals surface area (Å²) in [4.78, 5) is 24.3. The van der Waals surface area contributed by atoms with Gasteiger partial charge in [-0.05, 0) is 60.6 Å². The third-order valence-electron chi connectivity index (χ3n) is 5.17. The van der Waals surface area contributed by atoms with Gasteiger partial charge in [0.25, 0.3) is 0 Å². The zero-order valence-corrected chi connectivity index (χ0v) is 15.8. The van der Waals surface area contributed by atoms with Crippen LogP contribution in [-0.2, 0) is 29.0 Å². The minimum atomic E-state index is -0.299.